The number of carbonyl (C=O) groups is 1. The highest BCUT2D eigenvalue weighted by Gasteiger charge is 2.25. The minimum atomic E-state index is -0.512. The lowest BCUT2D eigenvalue weighted by molar-refractivity contribution is -0.129. The first-order valence-electron chi connectivity index (χ1n) is 7.47. The van der Waals surface area contributed by atoms with Gasteiger partial charge in [-0.1, -0.05) is 48.5 Å². The molecule has 1 heterocycles. The van der Waals surface area contributed by atoms with Gasteiger partial charge in [0.2, 0.25) is 5.90 Å². The molecule has 0 aromatic heterocycles. The van der Waals surface area contributed by atoms with Crippen molar-refractivity contribution in [3.8, 4) is 0 Å². The molecule has 0 unspecified atom stereocenters. The van der Waals surface area contributed by atoms with Crippen molar-refractivity contribution in [2.75, 3.05) is 0 Å². The summed E-state index contributed by atoms with van der Waals surface area (Å²) in [6, 6.07) is 19.4. The van der Waals surface area contributed by atoms with Gasteiger partial charge in [-0.25, -0.2) is 14.2 Å². The maximum absolute atomic E-state index is 13.0. The smallest absolute Gasteiger partial charge is 0.363 e. The fraction of sp³-hybridized carbons (Fsp3) is 0. The number of cyclic esters (lactones) is 1. The molecular weight excluding hydrogens is 305 g/mol. The molecule has 24 heavy (non-hydrogen) atoms. The zero-order valence-electron chi connectivity index (χ0n) is 12.6. The van der Waals surface area contributed by atoms with E-state index in [4.69, 9.17) is 4.74 Å². The summed E-state index contributed by atoms with van der Waals surface area (Å²) in [5.74, 6) is -0.557. The first kappa shape index (κ1) is 14.3. The SMILES string of the molecule is O=C1OC(c2cccc3ccccc23)=N/C1=C/c1ccc(F)cc1. The Morgan fingerprint density at radius 1 is 0.917 bits per heavy atom. The van der Waals surface area contributed by atoms with Gasteiger partial charge in [0.05, 0.1) is 0 Å². The van der Waals surface area contributed by atoms with Crippen LogP contribution in [0.15, 0.2) is 77.4 Å². The fourth-order valence-electron chi connectivity index (χ4n) is 2.65. The number of hydrogen-bond donors (Lipinski definition) is 0. The second kappa shape index (κ2) is 5.74. The number of carbonyl (C=O) groups excluding carboxylic acids is 1. The molecule has 0 fully saturated rings. The number of benzene rings is 3. The van der Waals surface area contributed by atoms with Crippen LogP contribution in [0.5, 0.6) is 0 Å². The highest BCUT2D eigenvalue weighted by atomic mass is 19.1. The summed E-state index contributed by atoms with van der Waals surface area (Å²) in [7, 11) is 0. The summed E-state index contributed by atoms with van der Waals surface area (Å²) in [5.41, 5.74) is 1.65. The molecule has 1 aliphatic heterocycles. The van der Waals surface area contributed by atoms with Gasteiger partial charge in [0.1, 0.15) is 5.82 Å². The van der Waals surface area contributed by atoms with Crippen molar-refractivity contribution in [3.63, 3.8) is 0 Å². The predicted octanol–water partition coefficient (Wildman–Crippen LogP) is 4.32. The Balaban J connectivity index is 1.77. The van der Waals surface area contributed by atoms with Gasteiger partial charge in [-0.05, 0) is 40.6 Å². The third-order valence-electron chi connectivity index (χ3n) is 3.81. The van der Waals surface area contributed by atoms with Crippen molar-refractivity contribution in [2.45, 2.75) is 0 Å². The van der Waals surface area contributed by atoms with Crippen LogP contribution in [0.2, 0.25) is 0 Å². The number of ether oxygens (including phenoxy) is 1. The Hall–Kier alpha value is -3.27. The molecule has 0 aliphatic carbocycles. The van der Waals surface area contributed by atoms with Gasteiger partial charge in [0.25, 0.3) is 0 Å². The van der Waals surface area contributed by atoms with E-state index in [0.717, 1.165) is 16.3 Å². The summed E-state index contributed by atoms with van der Waals surface area (Å²) in [5, 5.41) is 2.01. The lowest BCUT2D eigenvalue weighted by atomic mass is 10.0. The van der Waals surface area contributed by atoms with Gasteiger partial charge in [-0.15, -0.1) is 0 Å². The maximum atomic E-state index is 13.0. The van der Waals surface area contributed by atoms with Crippen LogP contribution in [-0.4, -0.2) is 11.9 Å². The van der Waals surface area contributed by atoms with Crippen LogP contribution >= 0.6 is 0 Å². The Morgan fingerprint density at radius 3 is 2.50 bits per heavy atom. The van der Waals surface area contributed by atoms with Crippen LogP contribution in [0.3, 0.4) is 0 Å². The zero-order valence-corrected chi connectivity index (χ0v) is 12.6. The van der Waals surface area contributed by atoms with Crippen LogP contribution in [0, 0.1) is 5.82 Å². The van der Waals surface area contributed by atoms with E-state index >= 15 is 0 Å². The van der Waals surface area contributed by atoms with E-state index in [-0.39, 0.29) is 17.4 Å². The van der Waals surface area contributed by atoms with Crippen LogP contribution < -0.4 is 0 Å². The Kier molecular flexibility index (Phi) is 3.43. The minimum Gasteiger partial charge on any atom is -0.402 e. The highest BCUT2D eigenvalue weighted by molar-refractivity contribution is 6.17. The average Bonchev–Trinajstić information content (AvgIpc) is 2.97. The Labute approximate surface area is 137 Å². The topological polar surface area (TPSA) is 38.7 Å². The number of aliphatic imine (C=N–C) groups is 1. The molecule has 3 nitrogen and oxygen atoms in total. The standard InChI is InChI=1S/C20H12FNO2/c21-15-10-8-13(9-11-15)12-18-20(23)24-19(22-18)17-7-3-5-14-4-1-2-6-16(14)17/h1-12H/b18-12+. The summed E-state index contributed by atoms with van der Waals surface area (Å²) in [6.07, 6.45) is 1.58. The van der Waals surface area contributed by atoms with Gasteiger partial charge >= 0.3 is 5.97 Å². The van der Waals surface area contributed by atoms with E-state index in [1.165, 1.54) is 12.1 Å². The molecule has 0 saturated heterocycles. The van der Waals surface area contributed by atoms with Gasteiger partial charge in [-0.2, -0.15) is 0 Å². The van der Waals surface area contributed by atoms with Crippen LogP contribution in [-0.2, 0) is 9.53 Å². The molecule has 116 valence electrons. The zero-order chi connectivity index (χ0) is 16.5. The number of rotatable bonds is 2. The Bertz CT molecular complexity index is 998. The molecule has 0 spiro atoms. The summed E-state index contributed by atoms with van der Waals surface area (Å²) in [4.78, 5) is 16.4. The molecule has 0 radical (unpaired) electrons. The van der Waals surface area contributed by atoms with Crippen LogP contribution in [0.4, 0.5) is 4.39 Å². The molecule has 4 heteroatoms. The number of hydrogen-bond acceptors (Lipinski definition) is 3. The van der Waals surface area contributed by atoms with E-state index in [9.17, 15) is 9.18 Å². The lowest BCUT2D eigenvalue weighted by Gasteiger charge is -2.04. The van der Waals surface area contributed by atoms with Crippen molar-refractivity contribution >= 4 is 28.7 Å². The monoisotopic (exact) mass is 317 g/mol. The molecular formula is C20H12FNO2. The molecule has 1 aliphatic rings. The molecule has 4 rings (SSSR count). The molecule has 3 aromatic carbocycles. The summed E-state index contributed by atoms with van der Waals surface area (Å²) >= 11 is 0. The van der Waals surface area contributed by atoms with Gasteiger partial charge in [0, 0.05) is 5.56 Å². The van der Waals surface area contributed by atoms with Crippen molar-refractivity contribution in [3.05, 3.63) is 89.4 Å². The van der Waals surface area contributed by atoms with Crippen LogP contribution in [0.25, 0.3) is 16.8 Å². The van der Waals surface area contributed by atoms with Gasteiger partial charge in [0.15, 0.2) is 5.70 Å². The van der Waals surface area contributed by atoms with Crippen molar-refractivity contribution in [1.29, 1.82) is 0 Å². The number of fused-ring (bicyclic) bond motifs is 1. The normalized spacial score (nSPS) is 15.6. The quantitative estimate of drug-likeness (QED) is 0.521. The average molecular weight is 317 g/mol. The molecule has 0 bridgehead atoms. The number of esters is 1. The molecule has 0 amide bonds. The van der Waals surface area contributed by atoms with Gasteiger partial charge < -0.3 is 4.74 Å². The highest BCUT2D eigenvalue weighted by Crippen LogP contribution is 2.24. The second-order valence-corrected chi connectivity index (χ2v) is 5.41. The first-order valence-corrected chi connectivity index (χ1v) is 7.47. The molecule has 3 aromatic rings. The van der Waals surface area contributed by atoms with Crippen molar-refractivity contribution in [1.82, 2.24) is 0 Å². The van der Waals surface area contributed by atoms with E-state index in [0.29, 0.717) is 5.56 Å². The van der Waals surface area contributed by atoms with Crippen molar-refractivity contribution < 1.29 is 13.9 Å². The van der Waals surface area contributed by atoms with E-state index in [1.54, 1.807) is 18.2 Å². The third-order valence-corrected chi connectivity index (χ3v) is 3.81. The number of nitrogens with zero attached hydrogens (tertiary/aromatic N) is 1. The summed E-state index contributed by atoms with van der Waals surface area (Å²) < 4.78 is 18.3. The van der Waals surface area contributed by atoms with Crippen molar-refractivity contribution in [2.24, 2.45) is 4.99 Å². The van der Waals surface area contributed by atoms with E-state index < -0.39 is 5.97 Å². The van der Waals surface area contributed by atoms with E-state index in [1.807, 2.05) is 42.5 Å². The minimum absolute atomic E-state index is 0.199. The second-order valence-electron chi connectivity index (χ2n) is 5.41. The molecule has 0 N–H and O–H groups in total. The fourth-order valence-corrected chi connectivity index (χ4v) is 2.65. The summed E-state index contributed by atoms with van der Waals surface area (Å²) in [6.45, 7) is 0. The van der Waals surface area contributed by atoms with Gasteiger partial charge in [-0.3, -0.25) is 0 Å². The van der Waals surface area contributed by atoms with Crippen LogP contribution in [0.1, 0.15) is 11.1 Å². The first-order chi connectivity index (χ1) is 11.7. The third kappa shape index (κ3) is 2.58. The predicted molar refractivity (Wildman–Crippen MR) is 91.0 cm³/mol. The largest absolute Gasteiger partial charge is 0.402 e. The molecule has 0 atom stereocenters. The Morgan fingerprint density at radius 2 is 1.67 bits per heavy atom. The van der Waals surface area contributed by atoms with E-state index in [2.05, 4.69) is 4.99 Å². The maximum Gasteiger partial charge on any atom is 0.363 e. The number of halogens is 1. The lowest BCUT2D eigenvalue weighted by Crippen LogP contribution is -2.05. The molecule has 0 saturated carbocycles.